The van der Waals surface area contributed by atoms with E-state index in [4.69, 9.17) is 23.7 Å². The van der Waals surface area contributed by atoms with Crippen LogP contribution in [0, 0.1) is 49.4 Å². The minimum atomic E-state index is -4.60. The number of carbonyl (C=O) groups excluding carboxylic acids is 6. The van der Waals surface area contributed by atoms with Crippen LogP contribution >= 0.6 is 0 Å². The van der Waals surface area contributed by atoms with Crippen LogP contribution in [0.3, 0.4) is 0 Å². The van der Waals surface area contributed by atoms with Gasteiger partial charge >= 0.3 is 12.1 Å². The molecule has 562 valence electrons. The second kappa shape index (κ2) is 37.0. The van der Waals surface area contributed by atoms with Crippen molar-refractivity contribution in [3.05, 3.63) is 156 Å². The number of nitrogens with zero attached hydrogens (tertiary/aromatic N) is 6. The molecule has 1 saturated carbocycles. The Kier molecular flexibility index (Phi) is 28.9. The van der Waals surface area contributed by atoms with Gasteiger partial charge in [0, 0.05) is 111 Å². The number of fused-ring (bicyclic) bond motifs is 3. The molecule has 2 saturated heterocycles. The lowest BCUT2D eigenvalue weighted by Crippen LogP contribution is -2.61. The smallest absolute Gasteiger partial charge is 0.416 e. The Bertz CT molecular complexity index is 3920. The Morgan fingerprint density at radius 2 is 1.61 bits per heavy atom. The van der Waals surface area contributed by atoms with Gasteiger partial charge in [0.05, 0.1) is 47.7 Å². The van der Waals surface area contributed by atoms with Gasteiger partial charge in [-0.3, -0.25) is 29.0 Å². The molecule has 0 radical (unpaired) electrons. The number of anilines is 3. The van der Waals surface area contributed by atoms with Crippen LogP contribution in [0.25, 0.3) is 16.9 Å². The predicted molar refractivity (Wildman–Crippen MR) is 386 cm³/mol. The Labute approximate surface area is 607 Å². The molecule has 4 aliphatic rings. The second-order valence-corrected chi connectivity index (χ2v) is 28.4. The maximum atomic E-state index is 14.4. The van der Waals surface area contributed by atoms with E-state index in [1.807, 2.05) is 71.1 Å². The number of methoxy groups -OCH3 is 3. The van der Waals surface area contributed by atoms with Crippen molar-refractivity contribution < 1.29 is 80.9 Å². The molecule has 2 aromatic carbocycles. The molecule has 9 rings (SSSR count). The van der Waals surface area contributed by atoms with Gasteiger partial charge in [-0.2, -0.15) is 13.2 Å². The second-order valence-electron chi connectivity index (χ2n) is 28.4. The van der Waals surface area contributed by atoms with Gasteiger partial charge in [-0.25, -0.2) is 19.7 Å². The Morgan fingerprint density at radius 1 is 0.837 bits per heavy atom. The molecule has 1 aliphatic carbocycles. The number of piperidine rings is 1. The highest BCUT2D eigenvalue weighted by molar-refractivity contribution is 6.39. The fourth-order valence-corrected chi connectivity index (χ4v) is 14.0. The normalized spacial score (nSPS) is 29.5. The zero-order valence-corrected chi connectivity index (χ0v) is 61.5. The quantitative estimate of drug-likeness (QED) is 0.0440. The lowest BCUT2D eigenvalue weighted by molar-refractivity contribution is -0.265. The number of alkyl halides is 3. The summed E-state index contributed by atoms with van der Waals surface area (Å²) in [6.45, 7) is 16.3. The van der Waals surface area contributed by atoms with Gasteiger partial charge in [-0.15, -0.1) is 0 Å². The Balaban J connectivity index is 0.000000297. The predicted octanol–water partition coefficient (Wildman–Crippen LogP) is 12.5. The monoisotopic (exact) mass is 1440 g/mol. The maximum absolute atomic E-state index is 14.4. The molecule has 15 atom stereocenters. The number of aryl methyl sites for hydroxylation is 2. The summed E-state index contributed by atoms with van der Waals surface area (Å²) in [4.78, 5) is 102. The highest BCUT2D eigenvalue weighted by Crippen LogP contribution is 2.39. The molecular formula is C79H101F3N8O14. The van der Waals surface area contributed by atoms with Gasteiger partial charge in [0.25, 0.3) is 17.6 Å². The lowest BCUT2D eigenvalue weighted by atomic mass is 9.78. The number of Topliss-reactive ketones (excluding diaryl/α,β-unsaturated/α-hetero) is 3. The first-order valence-electron chi connectivity index (χ1n) is 35.7. The largest absolute Gasteiger partial charge is 0.460 e. The third kappa shape index (κ3) is 21.4. The topological polar surface area (TPSA) is 293 Å². The summed E-state index contributed by atoms with van der Waals surface area (Å²) in [6, 6.07) is 12.6. The zero-order valence-electron chi connectivity index (χ0n) is 61.5. The molecule has 0 spiro atoms. The number of imidazole rings is 1. The van der Waals surface area contributed by atoms with Crippen LogP contribution in [0.15, 0.2) is 133 Å². The number of aromatic nitrogens is 5. The number of hydrogen-bond donors (Lipinski definition) is 5. The number of cyclic esters (lactones) is 1. The summed E-state index contributed by atoms with van der Waals surface area (Å²) in [6.07, 6.45) is 14.6. The summed E-state index contributed by atoms with van der Waals surface area (Å²) < 4.78 is 71.7. The molecule has 6 heterocycles. The average Bonchev–Trinajstić information content (AvgIpc) is 0.882. The molecule has 5 N–H and O–H groups in total. The molecule has 104 heavy (non-hydrogen) atoms. The van der Waals surface area contributed by atoms with E-state index in [1.54, 1.807) is 103 Å². The molecule has 22 nitrogen and oxygen atoms in total. The highest BCUT2D eigenvalue weighted by atomic mass is 19.4. The van der Waals surface area contributed by atoms with Crippen molar-refractivity contribution >= 4 is 52.5 Å². The van der Waals surface area contributed by atoms with E-state index in [0.29, 0.717) is 86.4 Å². The number of nitrogens with one attached hydrogen (secondary N) is 2. The van der Waals surface area contributed by atoms with Crippen LogP contribution in [-0.2, 0) is 53.8 Å². The molecule has 2 amide bonds. The van der Waals surface area contributed by atoms with E-state index >= 15 is 0 Å². The molecule has 3 aliphatic heterocycles. The highest BCUT2D eigenvalue weighted by Gasteiger charge is 2.53. The first-order chi connectivity index (χ1) is 49.4. The number of aliphatic hydroxyl groups is 3. The number of ketones is 3. The van der Waals surface area contributed by atoms with E-state index in [-0.39, 0.29) is 71.7 Å². The third-order valence-electron chi connectivity index (χ3n) is 20.4. The Hall–Kier alpha value is -8.43. The minimum Gasteiger partial charge on any atom is -0.460 e. The molecule has 3 aromatic heterocycles. The molecule has 0 unspecified atom stereocenters. The third-order valence-corrected chi connectivity index (χ3v) is 20.4. The van der Waals surface area contributed by atoms with Crippen LogP contribution in [0.1, 0.15) is 153 Å². The van der Waals surface area contributed by atoms with E-state index in [2.05, 4.69) is 30.6 Å². The van der Waals surface area contributed by atoms with Crippen LogP contribution < -0.4 is 10.6 Å². The summed E-state index contributed by atoms with van der Waals surface area (Å²) in [5, 5.41) is 39.6. The summed E-state index contributed by atoms with van der Waals surface area (Å²) in [7, 11) is 4.52. The number of hydrogen-bond acceptors (Lipinski definition) is 19. The fraction of sp³-hybridized carbons (Fsp3) is 0.519. The van der Waals surface area contributed by atoms with Crippen molar-refractivity contribution in [2.24, 2.45) is 35.5 Å². The van der Waals surface area contributed by atoms with Crippen LogP contribution in [0.5, 0.6) is 0 Å². The fourth-order valence-electron chi connectivity index (χ4n) is 14.0. The molecule has 5 aromatic rings. The number of ether oxygens (including phenoxy) is 5. The number of carbonyl (C=O) groups is 6. The summed E-state index contributed by atoms with van der Waals surface area (Å²) >= 11 is 0. The van der Waals surface area contributed by atoms with E-state index in [9.17, 15) is 57.3 Å². The SMILES string of the molecule is CO[C@H]1C[C@@H]2CC[C@@H](C)[C@@](O)(O2)C(=O)C(=O)N2CCCC[C@H]2C(=O)O[C@H]([C@H](C)C[C@@H]2CC[C@@H](O)[C@H](OC)C2)CC(=O)[C@H](C)/C=C(\C)[C@@H](O)[C@@H](OC)C(=O)[C@H](C)C[C@H](C)\C=C/C=C/C=C/1C.Cc1cn(-c2cc(NC(=O)c3ccc(C)c(Nc4nccc(-c5cccnc5)n4)c3)cc(C(F)(F)F)c2)cn1. The van der Waals surface area contributed by atoms with Crippen molar-refractivity contribution in [1.82, 2.24) is 29.4 Å². The van der Waals surface area contributed by atoms with Crippen molar-refractivity contribution in [3.8, 4) is 16.9 Å². The number of allylic oxidation sites excluding steroid dienone is 6. The number of benzene rings is 2. The van der Waals surface area contributed by atoms with Gasteiger partial charge in [0.1, 0.15) is 30.1 Å². The molecule has 25 heteroatoms. The minimum absolute atomic E-state index is 0.00114. The van der Waals surface area contributed by atoms with Gasteiger partial charge in [0.15, 0.2) is 5.78 Å². The van der Waals surface area contributed by atoms with Crippen molar-refractivity contribution in [3.63, 3.8) is 0 Å². The number of pyridine rings is 1. The number of amides is 2. The Morgan fingerprint density at radius 3 is 2.30 bits per heavy atom. The first kappa shape index (κ1) is 81.2. The van der Waals surface area contributed by atoms with Gasteiger partial charge < -0.3 is 59.1 Å². The number of halogens is 3. The summed E-state index contributed by atoms with van der Waals surface area (Å²) in [5.74, 6) is -8.22. The van der Waals surface area contributed by atoms with E-state index in [1.165, 1.54) is 29.0 Å². The molecular weight excluding hydrogens is 1340 g/mol. The zero-order chi connectivity index (χ0) is 75.7. The maximum Gasteiger partial charge on any atom is 0.416 e. The van der Waals surface area contributed by atoms with E-state index in [0.717, 1.165) is 35.3 Å². The standard InChI is InChI=1S/C51H79NO13.C28H22F3N7O/c1-30-16-12-11-13-17-31(2)42(61-8)28-38-21-19-36(7)51(60,65-38)48(57)49(58)52-23-15-14-18-39(52)50(59)64-43(33(4)26-37-20-22-40(53)44(27-37)62-9)29-41(54)32(3)25-35(6)46(56)47(63-10)45(55)34(5)24-30;1-17-5-6-19(10-25(17)37-27-33-9-7-24(36-27)20-4-3-8-32-14-20)26(39)35-22-11-21(28(29,30)31)12-23(13-22)38-15-18(2)34-16-38/h11-13,16-17,25,30,32-34,36-40,42-44,46-47,53,56,60H,14-15,18-24,26-29H2,1-10H3;3-16H,1-2H3,(H,35,39)(H,33,36,37)/b13-11+,16-12-,31-17+,35-25+;/t30-,32-,33-,34-,36-,37+,38+,39+,40-,42+,43+,44-,46-,47+,51-;/m1./s1. The average molecular weight is 1440 g/mol. The number of aliphatic hydroxyl groups excluding tert-OH is 2. The van der Waals surface area contributed by atoms with Crippen molar-refractivity contribution in [2.75, 3.05) is 38.5 Å². The number of rotatable bonds is 12. The van der Waals surface area contributed by atoms with Crippen LogP contribution in [0.2, 0.25) is 0 Å². The lowest BCUT2D eigenvalue weighted by Gasteiger charge is -2.42. The van der Waals surface area contributed by atoms with Crippen LogP contribution in [-0.4, -0.2) is 162 Å². The molecule has 2 bridgehead atoms. The van der Waals surface area contributed by atoms with Gasteiger partial charge in [0.2, 0.25) is 11.7 Å². The molecule has 3 fully saturated rings. The van der Waals surface area contributed by atoms with Crippen molar-refractivity contribution in [1.29, 1.82) is 0 Å². The number of esters is 1. The summed E-state index contributed by atoms with van der Waals surface area (Å²) in [5.41, 5.74) is 4.36. The van der Waals surface area contributed by atoms with E-state index < -0.39 is 102 Å². The first-order valence-corrected chi connectivity index (χ1v) is 35.7. The van der Waals surface area contributed by atoms with Crippen LogP contribution in [0.4, 0.5) is 30.5 Å². The van der Waals surface area contributed by atoms with Crippen molar-refractivity contribution in [2.45, 2.75) is 200 Å². The van der Waals surface area contributed by atoms with Gasteiger partial charge in [-0.05, 0) is 175 Å². The van der Waals surface area contributed by atoms with Gasteiger partial charge in [-0.1, -0.05) is 77.1 Å².